The number of fused-ring (bicyclic) bond motifs is 3. The van der Waals surface area contributed by atoms with Gasteiger partial charge < -0.3 is 4.74 Å². The van der Waals surface area contributed by atoms with E-state index >= 15 is 0 Å². The molecule has 7 rings (SSSR count). The zero-order chi connectivity index (χ0) is 35.3. The first-order chi connectivity index (χ1) is 23.9. The molecule has 0 N–H and O–H groups in total. The molecule has 6 aromatic rings. The summed E-state index contributed by atoms with van der Waals surface area (Å²) < 4.78 is 11.3. The summed E-state index contributed by atoms with van der Waals surface area (Å²) in [5.74, 6) is 3.82. The smallest absolute Gasteiger partial charge is 0.137 e. The average molecular weight is 665 g/mol. The summed E-state index contributed by atoms with van der Waals surface area (Å²) in [5, 5.41) is 7.68. The third-order valence-corrected chi connectivity index (χ3v) is 10.6. The number of pyridine rings is 1. The maximum atomic E-state index is 6.82. The maximum absolute atomic E-state index is 6.82. The highest BCUT2D eigenvalue weighted by molar-refractivity contribution is 6.09. The first kappa shape index (κ1) is 33.8. The number of hydrogen-bond donors (Lipinski definition) is 0. The van der Waals surface area contributed by atoms with Crippen LogP contribution in [0.1, 0.15) is 115 Å². The Morgan fingerprint density at radius 3 is 2.42 bits per heavy atom. The molecule has 1 unspecified atom stereocenters. The minimum Gasteiger partial charge on any atom is -0.457 e. The Morgan fingerprint density at radius 2 is 1.68 bits per heavy atom. The summed E-state index contributed by atoms with van der Waals surface area (Å²) in [7, 11) is 0. The van der Waals surface area contributed by atoms with Gasteiger partial charge in [-0.1, -0.05) is 84.7 Å². The quantitative estimate of drug-likeness (QED) is 0.152. The van der Waals surface area contributed by atoms with Crippen molar-refractivity contribution in [2.45, 2.75) is 105 Å². The molecule has 0 bridgehead atoms. The molecule has 3 aromatic carbocycles. The van der Waals surface area contributed by atoms with Crippen LogP contribution in [0.4, 0.5) is 0 Å². The van der Waals surface area contributed by atoms with Crippen LogP contribution in [0.2, 0.25) is 0 Å². The van der Waals surface area contributed by atoms with Crippen LogP contribution in [0.15, 0.2) is 90.6 Å². The van der Waals surface area contributed by atoms with Gasteiger partial charge in [0.1, 0.15) is 17.3 Å². The van der Waals surface area contributed by atoms with E-state index in [0.29, 0.717) is 17.8 Å². The topological polar surface area (TPSA) is 44.9 Å². The molecule has 0 saturated heterocycles. The van der Waals surface area contributed by atoms with E-state index in [1.54, 1.807) is 0 Å². The van der Waals surface area contributed by atoms with Crippen molar-refractivity contribution < 1.29 is 4.74 Å². The van der Waals surface area contributed by atoms with E-state index in [-0.39, 0.29) is 5.41 Å². The van der Waals surface area contributed by atoms with Crippen molar-refractivity contribution in [3.05, 3.63) is 119 Å². The fourth-order valence-electron chi connectivity index (χ4n) is 8.19. The summed E-state index contributed by atoms with van der Waals surface area (Å²) in [6.07, 6.45) is 8.86. The Morgan fingerprint density at radius 1 is 0.900 bits per heavy atom. The molecule has 5 nitrogen and oxygen atoms in total. The normalized spacial score (nSPS) is 16.8. The van der Waals surface area contributed by atoms with Gasteiger partial charge in [0.25, 0.3) is 0 Å². The summed E-state index contributed by atoms with van der Waals surface area (Å²) in [5.41, 5.74) is 10.9. The SMILES string of the molecule is CCCc1ccnc(-n2c3ccccc3c3ccc(Oc4cc(C(C)C)cc(-n5nc(C)c(C6C(C)=CCC[C@@H]6C)c5C(C)(C)C)c4)cc32)c1. The number of nitrogens with zero attached hydrogens (tertiary/aromatic N) is 4. The molecule has 2 atom stereocenters. The third kappa shape index (κ3) is 6.16. The lowest BCUT2D eigenvalue weighted by Crippen LogP contribution is -2.24. The zero-order valence-electron chi connectivity index (χ0n) is 31.3. The monoisotopic (exact) mass is 664 g/mol. The molecular weight excluding hydrogens is 613 g/mol. The molecule has 3 heterocycles. The molecule has 0 spiro atoms. The van der Waals surface area contributed by atoms with Crippen LogP contribution in [0.5, 0.6) is 11.5 Å². The number of aromatic nitrogens is 4. The van der Waals surface area contributed by atoms with Crippen molar-refractivity contribution in [1.82, 2.24) is 19.3 Å². The lowest BCUT2D eigenvalue weighted by atomic mass is 9.72. The zero-order valence-corrected chi connectivity index (χ0v) is 31.3. The van der Waals surface area contributed by atoms with Gasteiger partial charge in [-0.05, 0) is 98.5 Å². The van der Waals surface area contributed by atoms with E-state index in [4.69, 9.17) is 14.8 Å². The summed E-state index contributed by atoms with van der Waals surface area (Å²) in [6, 6.07) is 26.0. The largest absolute Gasteiger partial charge is 0.457 e. The first-order valence-electron chi connectivity index (χ1n) is 18.5. The molecule has 5 heteroatoms. The van der Waals surface area contributed by atoms with E-state index in [1.165, 1.54) is 45.2 Å². The second kappa shape index (κ2) is 13.2. The second-order valence-electron chi connectivity index (χ2n) is 15.8. The Labute approximate surface area is 298 Å². The number of benzene rings is 3. The molecule has 0 radical (unpaired) electrons. The third-order valence-electron chi connectivity index (χ3n) is 10.6. The van der Waals surface area contributed by atoms with Crippen molar-refractivity contribution in [2.24, 2.45) is 5.92 Å². The van der Waals surface area contributed by atoms with Crippen LogP contribution >= 0.6 is 0 Å². The van der Waals surface area contributed by atoms with Gasteiger partial charge in [0, 0.05) is 46.0 Å². The van der Waals surface area contributed by atoms with E-state index in [2.05, 4.69) is 150 Å². The number of aryl methyl sites for hydroxylation is 2. The van der Waals surface area contributed by atoms with E-state index < -0.39 is 0 Å². The molecule has 0 amide bonds. The van der Waals surface area contributed by atoms with Gasteiger partial charge in [-0.2, -0.15) is 5.10 Å². The van der Waals surface area contributed by atoms with Crippen LogP contribution in [0.25, 0.3) is 33.3 Å². The van der Waals surface area contributed by atoms with Crippen molar-refractivity contribution in [2.75, 3.05) is 0 Å². The average Bonchev–Trinajstić information content (AvgIpc) is 3.59. The molecule has 3 aromatic heterocycles. The van der Waals surface area contributed by atoms with Gasteiger partial charge >= 0.3 is 0 Å². The minimum absolute atomic E-state index is 0.107. The lowest BCUT2D eigenvalue weighted by Gasteiger charge is -2.32. The van der Waals surface area contributed by atoms with Crippen LogP contribution in [-0.4, -0.2) is 19.3 Å². The Hall–Kier alpha value is -4.64. The van der Waals surface area contributed by atoms with Crippen LogP contribution in [0.3, 0.4) is 0 Å². The van der Waals surface area contributed by atoms with E-state index in [0.717, 1.165) is 59.0 Å². The van der Waals surface area contributed by atoms with Crippen molar-refractivity contribution >= 4 is 21.8 Å². The van der Waals surface area contributed by atoms with Crippen molar-refractivity contribution in [3.63, 3.8) is 0 Å². The molecular formula is C45H52N4O. The van der Waals surface area contributed by atoms with Gasteiger partial charge in [0.2, 0.25) is 0 Å². The van der Waals surface area contributed by atoms with Crippen molar-refractivity contribution in [3.8, 4) is 23.0 Å². The Kier molecular flexibility index (Phi) is 8.96. The van der Waals surface area contributed by atoms with Crippen LogP contribution in [0, 0.1) is 12.8 Å². The van der Waals surface area contributed by atoms with Crippen LogP contribution < -0.4 is 4.74 Å². The summed E-state index contributed by atoms with van der Waals surface area (Å²) >= 11 is 0. The molecule has 0 fully saturated rings. The van der Waals surface area contributed by atoms with Gasteiger partial charge in [-0.15, -0.1) is 0 Å². The molecule has 0 saturated carbocycles. The number of rotatable bonds is 8. The lowest BCUT2D eigenvalue weighted by molar-refractivity contribution is 0.437. The fraction of sp³-hybridized carbons (Fsp3) is 0.378. The van der Waals surface area contributed by atoms with Crippen molar-refractivity contribution in [1.29, 1.82) is 0 Å². The molecule has 258 valence electrons. The maximum Gasteiger partial charge on any atom is 0.137 e. The predicted octanol–water partition coefficient (Wildman–Crippen LogP) is 12.3. The van der Waals surface area contributed by atoms with E-state index in [9.17, 15) is 0 Å². The second-order valence-corrected chi connectivity index (χ2v) is 15.8. The first-order valence-corrected chi connectivity index (χ1v) is 18.5. The highest BCUT2D eigenvalue weighted by atomic mass is 16.5. The Bertz CT molecular complexity index is 2220. The number of para-hydroxylation sites is 1. The van der Waals surface area contributed by atoms with Crippen LogP contribution in [-0.2, 0) is 11.8 Å². The number of allylic oxidation sites excluding steroid dienone is 2. The molecule has 1 aliphatic carbocycles. The summed E-state index contributed by atoms with van der Waals surface area (Å²) in [4.78, 5) is 4.84. The molecule has 50 heavy (non-hydrogen) atoms. The summed E-state index contributed by atoms with van der Waals surface area (Å²) in [6.45, 7) is 20.6. The van der Waals surface area contributed by atoms with E-state index in [1.807, 2.05) is 6.20 Å². The van der Waals surface area contributed by atoms with Gasteiger partial charge in [0.05, 0.1) is 28.1 Å². The van der Waals surface area contributed by atoms with Gasteiger partial charge in [-0.3, -0.25) is 4.57 Å². The van der Waals surface area contributed by atoms with Gasteiger partial charge in [0.15, 0.2) is 0 Å². The standard InChI is InChI=1S/C45H52N4O/c1-10-14-32-21-22-46-41(23-32)48-39-18-12-11-17-37(39)38-20-19-35(27-40(38)48)50-36-25-33(28(2)3)24-34(26-36)49-44(45(7,8)9)43(31(6)47-49)42-29(4)15-13-16-30(42)5/h11-12,15,17-28,30,42H,10,13-14,16H2,1-9H3/t30-,42?/m0/s1. The highest BCUT2D eigenvalue weighted by Crippen LogP contribution is 2.45. The predicted molar refractivity (Wildman–Crippen MR) is 209 cm³/mol. The Balaban J connectivity index is 1.36. The fourth-order valence-corrected chi connectivity index (χ4v) is 8.19. The molecule has 1 aliphatic rings. The highest BCUT2D eigenvalue weighted by Gasteiger charge is 2.35. The minimum atomic E-state index is -0.107. The molecule has 0 aliphatic heterocycles. The number of ether oxygens (including phenoxy) is 1. The number of hydrogen-bond acceptors (Lipinski definition) is 3. The van der Waals surface area contributed by atoms with Gasteiger partial charge in [-0.25, -0.2) is 9.67 Å².